The number of para-hydroxylation sites is 1. The molecule has 0 aliphatic carbocycles. The van der Waals surface area contributed by atoms with Crippen LogP contribution in [0.2, 0.25) is 0 Å². The topological polar surface area (TPSA) is 65.9 Å². The van der Waals surface area contributed by atoms with Gasteiger partial charge in [-0.15, -0.1) is 0 Å². The van der Waals surface area contributed by atoms with E-state index in [-0.39, 0.29) is 24.2 Å². The van der Waals surface area contributed by atoms with Gasteiger partial charge < -0.3 is 20.4 Å². The Labute approximate surface area is 158 Å². The lowest BCUT2D eigenvalue weighted by molar-refractivity contribution is -0.892. The first-order chi connectivity index (χ1) is 13.1. The summed E-state index contributed by atoms with van der Waals surface area (Å²) in [5.41, 5.74) is 1.71. The summed E-state index contributed by atoms with van der Waals surface area (Å²) in [5, 5.41) is 5.26. The third kappa shape index (κ3) is 5.79. The Morgan fingerprint density at radius 2 is 1.63 bits per heavy atom. The van der Waals surface area contributed by atoms with Crippen molar-refractivity contribution in [2.24, 2.45) is 0 Å². The summed E-state index contributed by atoms with van der Waals surface area (Å²) in [6.45, 7) is 3.82. The molecular formula is C20H24FN4O2+. The predicted octanol–water partition coefficient (Wildman–Crippen LogP) is 0.286. The number of quaternary nitrogens is 1. The molecule has 0 atom stereocenters. The van der Waals surface area contributed by atoms with Crippen molar-refractivity contribution in [1.29, 1.82) is 0 Å². The fraction of sp³-hybridized carbons (Fsp3) is 0.300. The van der Waals surface area contributed by atoms with Gasteiger partial charge in [0.25, 0.3) is 5.91 Å². The van der Waals surface area contributed by atoms with Crippen LogP contribution in [0.5, 0.6) is 0 Å². The molecule has 1 aliphatic heterocycles. The van der Waals surface area contributed by atoms with Crippen molar-refractivity contribution >= 4 is 23.2 Å². The molecule has 2 amide bonds. The fourth-order valence-corrected chi connectivity index (χ4v) is 3.10. The number of rotatable bonds is 6. The van der Waals surface area contributed by atoms with E-state index in [9.17, 15) is 14.0 Å². The zero-order chi connectivity index (χ0) is 19.1. The van der Waals surface area contributed by atoms with Gasteiger partial charge in [0.05, 0.1) is 32.7 Å². The SMILES string of the molecule is O=C(C[NH+]1CCN(c2ccccc2)CC1)NCC(=O)Nc1ccc(F)cc1. The minimum atomic E-state index is -0.364. The molecule has 2 aromatic carbocycles. The molecule has 0 spiro atoms. The molecular weight excluding hydrogens is 347 g/mol. The van der Waals surface area contributed by atoms with Gasteiger partial charge in [-0.05, 0) is 36.4 Å². The molecule has 0 aromatic heterocycles. The first-order valence-electron chi connectivity index (χ1n) is 9.06. The van der Waals surface area contributed by atoms with Crippen molar-refractivity contribution in [2.45, 2.75) is 0 Å². The highest BCUT2D eigenvalue weighted by Crippen LogP contribution is 2.12. The molecule has 0 unspecified atom stereocenters. The summed E-state index contributed by atoms with van der Waals surface area (Å²) in [6.07, 6.45) is 0. The van der Waals surface area contributed by atoms with Gasteiger partial charge in [-0.3, -0.25) is 9.59 Å². The van der Waals surface area contributed by atoms with Crippen molar-refractivity contribution < 1.29 is 18.9 Å². The second-order valence-corrected chi connectivity index (χ2v) is 6.58. The van der Waals surface area contributed by atoms with E-state index in [1.54, 1.807) is 0 Å². The molecule has 142 valence electrons. The van der Waals surface area contributed by atoms with E-state index in [2.05, 4.69) is 27.7 Å². The van der Waals surface area contributed by atoms with E-state index in [0.717, 1.165) is 26.2 Å². The lowest BCUT2D eigenvalue weighted by atomic mass is 10.2. The van der Waals surface area contributed by atoms with Gasteiger partial charge in [0.2, 0.25) is 5.91 Å². The standard InChI is InChI=1S/C20H23FN4O2/c21-16-6-8-17(9-7-16)23-19(26)14-22-20(27)15-24-10-12-25(13-11-24)18-4-2-1-3-5-18/h1-9H,10-15H2,(H,22,27)(H,23,26)/p+1. The lowest BCUT2D eigenvalue weighted by Gasteiger charge is -2.33. The van der Waals surface area contributed by atoms with Crippen LogP contribution in [0.15, 0.2) is 54.6 Å². The number of hydrogen-bond acceptors (Lipinski definition) is 3. The van der Waals surface area contributed by atoms with Gasteiger partial charge in [0.15, 0.2) is 6.54 Å². The third-order valence-corrected chi connectivity index (χ3v) is 4.58. The van der Waals surface area contributed by atoms with E-state index >= 15 is 0 Å². The average molecular weight is 371 g/mol. The van der Waals surface area contributed by atoms with Crippen LogP contribution < -0.4 is 20.4 Å². The molecule has 0 radical (unpaired) electrons. The molecule has 2 aromatic rings. The normalized spacial score (nSPS) is 14.6. The quantitative estimate of drug-likeness (QED) is 0.684. The summed E-state index contributed by atoms with van der Waals surface area (Å²) < 4.78 is 12.8. The van der Waals surface area contributed by atoms with E-state index in [1.807, 2.05) is 18.2 Å². The van der Waals surface area contributed by atoms with Crippen molar-refractivity contribution in [1.82, 2.24) is 5.32 Å². The summed E-state index contributed by atoms with van der Waals surface area (Å²) in [6, 6.07) is 15.7. The number of hydrogen-bond donors (Lipinski definition) is 3. The molecule has 7 heteroatoms. The Balaban J connectivity index is 1.36. The van der Waals surface area contributed by atoms with Crippen LogP contribution in [0.1, 0.15) is 0 Å². The van der Waals surface area contributed by atoms with E-state index in [1.165, 1.54) is 34.9 Å². The molecule has 27 heavy (non-hydrogen) atoms. The van der Waals surface area contributed by atoms with Crippen LogP contribution in [0, 0.1) is 5.82 Å². The lowest BCUT2D eigenvalue weighted by Crippen LogP contribution is -3.16. The smallest absolute Gasteiger partial charge is 0.275 e. The van der Waals surface area contributed by atoms with Gasteiger partial charge >= 0.3 is 0 Å². The van der Waals surface area contributed by atoms with Crippen LogP contribution in [-0.2, 0) is 9.59 Å². The van der Waals surface area contributed by atoms with Gasteiger partial charge in [-0.2, -0.15) is 0 Å². The Morgan fingerprint density at radius 1 is 0.963 bits per heavy atom. The maximum Gasteiger partial charge on any atom is 0.275 e. The number of carbonyl (C=O) groups excluding carboxylic acids is 2. The fourth-order valence-electron chi connectivity index (χ4n) is 3.10. The Kier molecular flexibility index (Phi) is 6.38. The predicted molar refractivity (Wildman–Crippen MR) is 102 cm³/mol. The molecule has 1 fully saturated rings. The van der Waals surface area contributed by atoms with E-state index in [0.29, 0.717) is 12.2 Å². The molecule has 1 aliphatic rings. The number of benzene rings is 2. The van der Waals surface area contributed by atoms with E-state index in [4.69, 9.17) is 0 Å². The van der Waals surface area contributed by atoms with Crippen molar-refractivity contribution in [2.75, 3.05) is 49.5 Å². The van der Waals surface area contributed by atoms with Crippen LogP contribution in [-0.4, -0.2) is 51.1 Å². The Hall–Kier alpha value is -2.93. The highest BCUT2D eigenvalue weighted by molar-refractivity contribution is 5.94. The first-order valence-corrected chi connectivity index (χ1v) is 9.06. The van der Waals surface area contributed by atoms with Crippen LogP contribution >= 0.6 is 0 Å². The van der Waals surface area contributed by atoms with Gasteiger partial charge in [-0.25, -0.2) is 4.39 Å². The monoisotopic (exact) mass is 371 g/mol. The van der Waals surface area contributed by atoms with Gasteiger partial charge in [-0.1, -0.05) is 18.2 Å². The van der Waals surface area contributed by atoms with Crippen LogP contribution in [0.3, 0.4) is 0 Å². The molecule has 0 bridgehead atoms. The Bertz CT molecular complexity index is 759. The molecule has 1 saturated heterocycles. The molecule has 3 rings (SSSR count). The average Bonchev–Trinajstić information content (AvgIpc) is 2.69. The minimum Gasteiger partial charge on any atom is -0.360 e. The first kappa shape index (κ1) is 18.8. The number of nitrogens with zero attached hydrogens (tertiary/aromatic N) is 1. The number of amides is 2. The van der Waals surface area contributed by atoms with Gasteiger partial charge in [0.1, 0.15) is 5.82 Å². The highest BCUT2D eigenvalue weighted by Gasteiger charge is 2.22. The van der Waals surface area contributed by atoms with Crippen molar-refractivity contribution in [3.8, 4) is 0 Å². The maximum absolute atomic E-state index is 12.8. The maximum atomic E-state index is 12.8. The summed E-state index contributed by atoms with van der Waals surface area (Å²) >= 11 is 0. The zero-order valence-electron chi connectivity index (χ0n) is 15.1. The van der Waals surface area contributed by atoms with Crippen LogP contribution in [0.25, 0.3) is 0 Å². The summed E-state index contributed by atoms with van der Waals surface area (Å²) in [4.78, 5) is 27.5. The highest BCUT2D eigenvalue weighted by atomic mass is 19.1. The Morgan fingerprint density at radius 3 is 2.30 bits per heavy atom. The molecule has 0 saturated carbocycles. The zero-order valence-corrected chi connectivity index (χ0v) is 15.1. The summed E-state index contributed by atoms with van der Waals surface area (Å²) in [5.74, 6) is -0.845. The number of anilines is 2. The second kappa shape index (κ2) is 9.14. The van der Waals surface area contributed by atoms with Gasteiger partial charge in [0, 0.05) is 11.4 Å². The number of carbonyl (C=O) groups is 2. The largest absolute Gasteiger partial charge is 0.360 e. The second-order valence-electron chi connectivity index (χ2n) is 6.58. The number of halogens is 1. The number of piperazine rings is 1. The van der Waals surface area contributed by atoms with E-state index < -0.39 is 0 Å². The molecule has 6 nitrogen and oxygen atoms in total. The summed E-state index contributed by atoms with van der Waals surface area (Å²) in [7, 11) is 0. The minimum absolute atomic E-state index is 0.0976. The third-order valence-electron chi connectivity index (χ3n) is 4.58. The van der Waals surface area contributed by atoms with Crippen molar-refractivity contribution in [3.05, 3.63) is 60.4 Å². The molecule has 3 N–H and O–H groups in total. The van der Waals surface area contributed by atoms with Crippen molar-refractivity contribution in [3.63, 3.8) is 0 Å². The number of nitrogens with one attached hydrogen (secondary N) is 3. The van der Waals surface area contributed by atoms with Crippen LogP contribution in [0.4, 0.5) is 15.8 Å². The molecule has 1 heterocycles.